The van der Waals surface area contributed by atoms with E-state index in [0.29, 0.717) is 0 Å². The van der Waals surface area contributed by atoms with E-state index in [1.807, 2.05) is 0 Å². The Hall–Kier alpha value is -0.227. The summed E-state index contributed by atoms with van der Waals surface area (Å²) in [6.45, 7) is 3.47. The second-order valence-corrected chi connectivity index (χ2v) is 6.71. The summed E-state index contributed by atoms with van der Waals surface area (Å²) in [5.74, 6) is 0. The van der Waals surface area contributed by atoms with Gasteiger partial charge in [0.25, 0.3) is 0 Å². The molecule has 0 radical (unpaired) electrons. The van der Waals surface area contributed by atoms with Gasteiger partial charge < -0.3 is 0 Å². The summed E-state index contributed by atoms with van der Waals surface area (Å²) in [6.07, 6.45) is 24.4. The molecule has 0 bridgehead atoms. The number of aromatic nitrogens is 1. The predicted octanol–water partition coefficient (Wildman–Crippen LogP) is 6.45. The number of aryl methyl sites for hydroxylation is 1. The monoisotopic (exact) mass is 368 g/mol. The largest absolute Gasteiger partial charge is 0.205 e. The fourth-order valence-corrected chi connectivity index (χ4v) is 3.07. The molecule has 1 aromatic heterocycles. The Morgan fingerprint density at radius 1 is 0.522 bits per heavy atom. The van der Waals surface area contributed by atoms with Crippen molar-refractivity contribution in [2.45, 2.75) is 103 Å². The first-order valence-corrected chi connectivity index (χ1v) is 9.87. The summed E-state index contributed by atoms with van der Waals surface area (Å²) in [5.41, 5.74) is 0. The zero-order chi connectivity index (χ0) is 15.7. The van der Waals surface area contributed by atoms with Crippen LogP contribution in [0.2, 0.25) is 0 Å². The first-order valence-electron chi connectivity index (χ1n) is 9.87. The molecule has 1 rings (SSSR count). The Morgan fingerprint density at radius 3 is 1.35 bits per heavy atom. The van der Waals surface area contributed by atoms with Gasteiger partial charge in [-0.1, -0.05) is 90.0 Å². The molecule has 1 aromatic rings. The molecule has 0 N–H and O–H groups in total. The summed E-state index contributed by atoms with van der Waals surface area (Å²) < 4.78 is 2.29. The zero-order valence-corrected chi connectivity index (χ0v) is 18.6. The molecule has 0 aromatic carbocycles. The van der Waals surface area contributed by atoms with E-state index in [1.54, 1.807) is 0 Å². The van der Waals surface area contributed by atoms with E-state index in [1.165, 1.54) is 96.4 Å². The first kappa shape index (κ1) is 22.8. The standard InChI is InChI=1S/C21H38N.Zn/c1-2-3-4-5-6-7-8-9-10-11-12-13-14-16-19-22-20-17-15-18-21-22;/h15,17-18,20-21H,2-14,16,19H2,1H3;/q+1;. The quantitative estimate of drug-likeness (QED) is 0.190. The van der Waals surface area contributed by atoms with Crippen LogP contribution in [0.4, 0.5) is 0 Å². The van der Waals surface area contributed by atoms with Crippen LogP contribution in [0, 0.1) is 0 Å². The third-order valence-electron chi connectivity index (χ3n) is 4.55. The Balaban J connectivity index is 0.00000484. The minimum Gasteiger partial charge on any atom is -0.205 e. The van der Waals surface area contributed by atoms with Crippen LogP contribution in [0.3, 0.4) is 0 Å². The van der Waals surface area contributed by atoms with Crippen LogP contribution in [-0.4, -0.2) is 0 Å². The summed E-state index contributed by atoms with van der Waals surface area (Å²) in [5, 5.41) is 0. The van der Waals surface area contributed by atoms with Gasteiger partial charge in [-0.3, -0.25) is 0 Å². The van der Waals surface area contributed by atoms with E-state index >= 15 is 0 Å². The van der Waals surface area contributed by atoms with Gasteiger partial charge in [-0.15, -0.1) is 0 Å². The summed E-state index contributed by atoms with van der Waals surface area (Å²) in [7, 11) is 0. The van der Waals surface area contributed by atoms with Crippen molar-refractivity contribution in [3.63, 3.8) is 0 Å². The van der Waals surface area contributed by atoms with Gasteiger partial charge in [0.05, 0.1) is 0 Å². The number of nitrogens with zero attached hydrogens (tertiary/aromatic N) is 1. The Morgan fingerprint density at radius 2 is 0.913 bits per heavy atom. The van der Waals surface area contributed by atoms with Crippen LogP contribution in [0.15, 0.2) is 30.6 Å². The van der Waals surface area contributed by atoms with Gasteiger partial charge in [-0.05, 0) is 6.42 Å². The third kappa shape index (κ3) is 15.1. The van der Waals surface area contributed by atoms with Crippen molar-refractivity contribution in [3.05, 3.63) is 30.6 Å². The predicted molar refractivity (Wildman–Crippen MR) is 96.9 cm³/mol. The fourth-order valence-electron chi connectivity index (χ4n) is 3.07. The summed E-state index contributed by atoms with van der Waals surface area (Å²) in [6, 6.07) is 6.31. The van der Waals surface area contributed by atoms with Gasteiger partial charge in [-0.2, -0.15) is 0 Å². The average molecular weight is 370 g/mol. The van der Waals surface area contributed by atoms with Gasteiger partial charge >= 0.3 is 0 Å². The number of hydrogen-bond acceptors (Lipinski definition) is 0. The van der Waals surface area contributed by atoms with Crippen molar-refractivity contribution in [1.82, 2.24) is 0 Å². The molecule has 0 unspecified atom stereocenters. The Bertz CT molecular complexity index is 326. The summed E-state index contributed by atoms with van der Waals surface area (Å²) in [4.78, 5) is 0. The molecule has 0 amide bonds. The number of rotatable bonds is 15. The smallest absolute Gasteiger partial charge is 0.168 e. The molecule has 0 spiro atoms. The van der Waals surface area contributed by atoms with Crippen LogP contribution in [0.1, 0.15) is 96.8 Å². The molecule has 1 heterocycles. The first-order chi connectivity index (χ1) is 10.9. The van der Waals surface area contributed by atoms with Crippen LogP contribution >= 0.6 is 0 Å². The summed E-state index contributed by atoms with van der Waals surface area (Å²) >= 11 is 0. The molecule has 0 fully saturated rings. The van der Waals surface area contributed by atoms with E-state index < -0.39 is 0 Å². The van der Waals surface area contributed by atoms with Crippen LogP contribution in [0.25, 0.3) is 0 Å². The average Bonchev–Trinajstić information content (AvgIpc) is 2.56. The van der Waals surface area contributed by atoms with E-state index in [9.17, 15) is 0 Å². The molecule has 1 nitrogen and oxygen atoms in total. The molecule has 0 aliphatic heterocycles. The normalized spacial score (nSPS) is 10.5. The minimum absolute atomic E-state index is 0. The van der Waals surface area contributed by atoms with Gasteiger partial charge in [0.1, 0.15) is 6.54 Å². The van der Waals surface area contributed by atoms with Crippen molar-refractivity contribution in [2.75, 3.05) is 0 Å². The van der Waals surface area contributed by atoms with E-state index in [0.717, 1.165) is 0 Å². The van der Waals surface area contributed by atoms with E-state index in [-0.39, 0.29) is 19.5 Å². The Labute approximate surface area is 158 Å². The van der Waals surface area contributed by atoms with Gasteiger partial charge in [0.15, 0.2) is 12.4 Å². The topological polar surface area (TPSA) is 3.88 Å². The molecular formula is C21H38NZn+. The van der Waals surface area contributed by atoms with Gasteiger partial charge in [0.2, 0.25) is 0 Å². The maximum atomic E-state index is 2.29. The SMILES string of the molecule is CCCCCCCCCCCCCCCC[n+]1ccccc1.[Zn]. The molecule has 0 aliphatic carbocycles. The molecule has 0 saturated heterocycles. The van der Waals surface area contributed by atoms with Crippen molar-refractivity contribution < 1.29 is 24.0 Å². The van der Waals surface area contributed by atoms with E-state index in [4.69, 9.17) is 0 Å². The van der Waals surface area contributed by atoms with Crippen molar-refractivity contribution >= 4 is 0 Å². The van der Waals surface area contributed by atoms with Crippen molar-refractivity contribution in [1.29, 1.82) is 0 Å². The maximum Gasteiger partial charge on any atom is 0.168 e. The molecule has 128 valence electrons. The van der Waals surface area contributed by atoms with Gasteiger partial charge in [-0.25, -0.2) is 4.57 Å². The molecule has 23 heavy (non-hydrogen) atoms. The van der Waals surface area contributed by atoms with Crippen LogP contribution in [-0.2, 0) is 26.0 Å². The molecule has 0 saturated carbocycles. The molecular weight excluding hydrogens is 332 g/mol. The number of unbranched alkanes of at least 4 members (excludes halogenated alkanes) is 13. The van der Waals surface area contributed by atoms with Crippen LogP contribution in [0.5, 0.6) is 0 Å². The van der Waals surface area contributed by atoms with Crippen molar-refractivity contribution in [2.24, 2.45) is 0 Å². The van der Waals surface area contributed by atoms with Crippen molar-refractivity contribution in [3.8, 4) is 0 Å². The third-order valence-corrected chi connectivity index (χ3v) is 4.55. The van der Waals surface area contributed by atoms with Crippen LogP contribution < -0.4 is 4.57 Å². The molecule has 2 heteroatoms. The fraction of sp³-hybridized carbons (Fsp3) is 0.762. The second-order valence-electron chi connectivity index (χ2n) is 6.71. The minimum atomic E-state index is 0. The Kier molecular flexibility index (Phi) is 17.9. The maximum absolute atomic E-state index is 2.29. The number of hydrogen-bond donors (Lipinski definition) is 0. The second kappa shape index (κ2) is 18.1. The molecule has 0 atom stereocenters. The molecule has 0 aliphatic rings. The van der Waals surface area contributed by atoms with E-state index in [2.05, 4.69) is 42.1 Å². The van der Waals surface area contributed by atoms with Gasteiger partial charge in [0, 0.05) is 38.0 Å². The number of pyridine rings is 1. The zero-order valence-electron chi connectivity index (χ0n) is 15.6.